The zero-order chi connectivity index (χ0) is 13.0. The molecule has 1 aromatic carbocycles. The Hall–Kier alpha value is -0.320. The van der Waals surface area contributed by atoms with Crippen LogP contribution in [0.3, 0.4) is 0 Å². The fourth-order valence-corrected chi connectivity index (χ4v) is 4.72. The first-order valence-electron chi connectivity index (χ1n) is 6.39. The van der Waals surface area contributed by atoms with E-state index in [0.717, 1.165) is 17.7 Å². The van der Waals surface area contributed by atoms with Crippen LogP contribution in [0.5, 0.6) is 5.75 Å². The number of thioether (sulfide) groups is 2. The van der Waals surface area contributed by atoms with Gasteiger partial charge in [-0.1, -0.05) is 12.1 Å². The topological polar surface area (TPSA) is 32.3 Å². The lowest BCUT2D eigenvalue weighted by molar-refractivity contribution is 0.453. The van der Waals surface area contributed by atoms with Crippen molar-refractivity contribution in [1.29, 1.82) is 0 Å². The molecule has 2 atom stereocenters. The summed E-state index contributed by atoms with van der Waals surface area (Å²) >= 11 is 4.11. The second-order valence-electron chi connectivity index (χ2n) is 4.76. The van der Waals surface area contributed by atoms with Gasteiger partial charge < -0.3 is 10.4 Å². The van der Waals surface area contributed by atoms with Gasteiger partial charge in [0.05, 0.1) is 0 Å². The van der Waals surface area contributed by atoms with E-state index in [1.165, 1.54) is 17.3 Å². The van der Waals surface area contributed by atoms with Crippen molar-refractivity contribution in [3.63, 3.8) is 0 Å². The van der Waals surface area contributed by atoms with E-state index in [2.05, 4.69) is 30.1 Å². The Balaban J connectivity index is 1.88. The first-order valence-corrected chi connectivity index (χ1v) is 8.59. The van der Waals surface area contributed by atoms with E-state index in [1.807, 2.05) is 30.8 Å². The average Bonchev–Trinajstić information content (AvgIpc) is 2.37. The monoisotopic (exact) mass is 283 g/mol. The number of aromatic hydroxyl groups is 1. The van der Waals surface area contributed by atoms with E-state index in [-0.39, 0.29) is 6.04 Å². The fourth-order valence-electron chi connectivity index (χ4n) is 2.09. The zero-order valence-corrected chi connectivity index (χ0v) is 12.6. The van der Waals surface area contributed by atoms with Crippen molar-refractivity contribution in [2.75, 3.05) is 23.8 Å². The molecule has 2 N–H and O–H groups in total. The summed E-state index contributed by atoms with van der Waals surface area (Å²) in [5.41, 5.74) is 2.09. The summed E-state index contributed by atoms with van der Waals surface area (Å²) in [4.78, 5) is 0. The Morgan fingerprint density at radius 1 is 1.44 bits per heavy atom. The highest BCUT2D eigenvalue weighted by Gasteiger charge is 2.16. The Kier molecular flexibility index (Phi) is 5.27. The van der Waals surface area contributed by atoms with E-state index in [1.54, 1.807) is 0 Å². The van der Waals surface area contributed by atoms with Crippen LogP contribution in [0, 0.1) is 6.92 Å². The van der Waals surface area contributed by atoms with Crippen LogP contribution in [-0.4, -0.2) is 34.2 Å². The quantitative estimate of drug-likeness (QED) is 0.889. The van der Waals surface area contributed by atoms with Crippen LogP contribution in [0.1, 0.15) is 24.1 Å². The summed E-state index contributed by atoms with van der Waals surface area (Å²) in [5, 5.41) is 14.2. The lowest BCUT2D eigenvalue weighted by Gasteiger charge is -2.24. The highest BCUT2D eigenvalue weighted by atomic mass is 32.2. The van der Waals surface area contributed by atoms with Crippen molar-refractivity contribution in [3.8, 4) is 5.75 Å². The second kappa shape index (κ2) is 6.73. The third-order valence-electron chi connectivity index (χ3n) is 3.19. The maximum absolute atomic E-state index is 9.95. The summed E-state index contributed by atoms with van der Waals surface area (Å²) in [5.74, 6) is 4.20. The third-order valence-corrected chi connectivity index (χ3v) is 6.03. The highest BCUT2D eigenvalue weighted by molar-refractivity contribution is 8.06. The molecule has 0 saturated carbocycles. The van der Waals surface area contributed by atoms with Gasteiger partial charge in [0.15, 0.2) is 0 Å². The Morgan fingerprint density at radius 2 is 2.28 bits per heavy atom. The smallest absolute Gasteiger partial charge is 0.120 e. The molecule has 0 radical (unpaired) electrons. The number of hydrogen-bond acceptors (Lipinski definition) is 4. The first kappa shape index (κ1) is 14.1. The fraction of sp³-hybridized carbons (Fsp3) is 0.571. The largest absolute Gasteiger partial charge is 0.508 e. The molecule has 2 rings (SSSR count). The zero-order valence-electron chi connectivity index (χ0n) is 11.0. The maximum Gasteiger partial charge on any atom is 0.120 e. The molecule has 0 aromatic heterocycles. The summed E-state index contributed by atoms with van der Waals surface area (Å²) in [6, 6.07) is 6.11. The Bertz CT molecular complexity index is 391. The molecule has 0 bridgehead atoms. The van der Waals surface area contributed by atoms with Crippen LogP contribution in [0.4, 0.5) is 0 Å². The van der Waals surface area contributed by atoms with Gasteiger partial charge in [-0.15, -0.1) is 0 Å². The van der Waals surface area contributed by atoms with Gasteiger partial charge in [0.2, 0.25) is 0 Å². The van der Waals surface area contributed by atoms with Crippen molar-refractivity contribution in [2.45, 2.75) is 25.1 Å². The van der Waals surface area contributed by atoms with E-state index in [9.17, 15) is 5.11 Å². The second-order valence-corrected chi connectivity index (χ2v) is 7.32. The number of hydrogen-bond donors (Lipinski definition) is 2. The maximum atomic E-state index is 9.95. The number of benzene rings is 1. The summed E-state index contributed by atoms with van der Waals surface area (Å²) < 4.78 is 0. The molecule has 1 aliphatic heterocycles. The third kappa shape index (κ3) is 3.84. The predicted molar refractivity (Wildman–Crippen MR) is 82.8 cm³/mol. The lowest BCUT2D eigenvalue weighted by atomic mass is 10.1. The average molecular weight is 283 g/mol. The van der Waals surface area contributed by atoms with Crippen LogP contribution in [0.2, 0.25) is 0 Å². The summed E-state index contributed by atoms with van der Waals surface area (Å²) in [6.07, 6.45) is 0. The molecule has 100 valence electrons. The molecule has 1 heterocycles. The molecular weight excluding hydrogens is 262 g/mol. The highest BCUT2D eigenvalue weighted by Crippen LogP contribution is 2.27. The number of phenolic OH excluding ortho intramolecular Hbond substituents is 1. The summed E-state index contributed by atoms with van der Waals surface area (Å²) in [6.45, 7) is 5.13. The van der Waals surface area contributed by atoms with Crippen molar-refractivity contribution in [3.05, 3.63) is 29.3 Å². The van der Waals surface area contributed by atoms with Crippen molar-refractivity contribution >= 4 is 23.5 Å². The standard InChI is InChI=1S/C14H21NOS2/c1-10-3-4-13(14(16)7-10)11(2)15-8-12-9-17-5-6-18-12/h3-4,7,11-12,15-16H,5-6,8-9H2,1-2H3. The molecule has 18 heavy (non-hydrogen) atoms. The van der Waals surface area contributed by atoms with Gasteiger partial charge in [0.25, 0.3) is 0 Å². The Labute approximate surface area is 118 Å². The molecule has 1 fully saturated rings. The molecule has 2 unspecified atom stereocenters. The van der Waals surface area contributed by atoms with E-state index >= 15 is 0 Å². The van der Waals surface area contributed by atoms with Crippen molar-refractivity contribution in [2.24, 2.45) is 0 Å². The molecule has 0 amide bonds. The lowest BCUT2D eigenvalue weighted by Crippen LogP contribution is -2.30. The van der Waals surface area contributed by atoms with E-state index in [4.69, 9.17) is 0 Å². The van der Waals surface area contributed by atoms with Crippen LogP contribution < -0.4 is 5.32 Å². The van der Waals surface area contributed by atoms with Gasteiger partial charge in [-0.05, 0) is 25.5 Å². The van der Waals surface area contributed by atoms with Gasteiger partial charge in [0.1, 0.15) is 5.75 Å². The minimum Gasteiger partial charge on any atom is -0.508 e. The molecule has 0 aliphatic carbocycles. The van der Waals surface area contributed by atoms with E-state index in [0.29, 0.717) is 11.0 Å². The van der Waals surface area contributed by atoms with Crippen molar-refractivity contribution in [1.82, 2.24) is 5.32 Å². The van der Waals surface area contributed by atoms with Gasteiger partial charge in [-0.25, -0.2) is 0 Å². The molecule has 1 saturated heterocycles. The number of aryl methyl sites for hydroxylation is 1. The van der Waals surface area contributed by atoms with Crippen LogP contribution >= 0.6 is 23.5 Å². The van der Waals surface area contributed by atoms with Gasteiger partial charge in [0, 0.05) is 40.7 Å². The Morgan fingerprint density at radius 3 is 2.94 bits per heavy atom. The number of phenols is 1. The molecule has 2 nitrogen and oxygen atoms in total. The molecular formula is C14H21NOS2. The van der Waals surface area contributed by atoms with Crippen LogP contribution in [0.15, 0.2) is 18.2 Å². The molecule has 1 aliphatic rings. The predicted octanol–water partition coefficient (Wildman–Crippen LogP) is 3.20. The SMILES string of the molecule is Cc1ccc(C(C)NCC2CSCCS2)c(O)c1. The van der Waals surface area contributed by atoms with Gasteiger partial charge >= 0.3 is 0 Å². The van der Waals surface area contributed by atoms with Gasteiger partial charge in [-0.2, -0.15) is 23.5 Å². The normalized spacial score (nSPS) is 21.8. The number of nitrogens with one attached hydrogen (secondary N) is 1. The van der Waals surface area contributed by atoms with Crippen LogP contribution in [-0.2, 0) is 0 Å². The minimum absolute atomic E-state index is 0.207. The van der Waals surface area contributed by atoms with Crippen molar-refractivity contribution < 1.29 is 5.11 Å². The van der Waals surface area contributed by atoms with Gasteiger partial charge in [-0.3, -0.25) is 0 Å². The summed E-state index contributed by atoms with van der Waals surface area (Å²) in [7, 11) is 0. The van der Waals surface area contributed by atoms with Crippen LogP contribution in [0.25, 0.3) is 0 Å². The molecule has 0 spiro atoms. The van der Waals surface area contributed by atoms with E-state index < -0.39 is 0 Å². The minimum atomic E-state index is 0.207. The number of rotatable bonds is 4. The first-order chi connectivity index (χ1) is 8.66. The molecule has 4 heteroatoms. The molecule has 1 aromatic rings.